The van der Waals surface area contributed by atoms with Crippen LogP contribution in [0.3, 0.4) is 0 Å². The number of halogens is 2. The largest absolute Gasteiger partial charge is 0.316 e. The predicted molar refractivity (Wildman–Crippen MR) is 80.7 cm³/mol. The summed E-state index contributed by atoms with van der Waals surface area (Å²) in [7, 11) is 3.71. The van der Waals surface area contributed by atoms with Crippen LogP contribution in [0.25, 0.3) is 0 Å². The Hall–Kier alpha value is -1.78. The Kier molecular flexibility index (Phi) is 5.42. The maximum atomic E-state index is 13.9. The molecule has 0 unspecified atom stereocenters. The Balaban J connectivity index is 2.07. The number of hydrogen-bond donors (Lipinski definition) is 1. The fourth-order valence-corrected chi connectivity index (χ4v) is 2.33. The lowest BCUT2D eigenvalue weighted by Crippen LogP contribution is -2.19. The Labute approximate surface area is 124 Å². The average Bonchev–Trinajstić information content (AvgIpc) is 2.45. The maximum Gasteiger partial charge on any atom is 0.127 e. The second kappa shape index (κ2) is 7.29. The molecule has 2 rings (SSSR count). The molecule has 0 aromatic heterocycles. The molecule has 0 saturated carbocycles. The van der Waals surface area contributed by atoms with Crippen LogP contribution >= 0.6 is 0 Å². The van der Waals surface area contributed by atoms with E-state index in [-0.39, 0.29) is 11.6 Å². The van der Waals surface area contributed by atoms with Gasteiger partial charge in [0, 0.05) is 30.8 Å². The van der Waals surface area contributed by atoms with E-state index >= 15 is 0 Å². The Morgan fingerprint density at radius 1 is 0.952 bits per heavy atom. The van der Waals surface area contributed by atoms with Crippen LogP contribution in [0.4, 0.5) is 8.78 Å². The fourth-order valence-electron chi connectivity index (χ4n) is 2.33. The smallest absolute Gasteiger partial charge is 0.127 e. The van der Waals surface area contributed by atoms with E-state index in [1.807, 2.05) is 25.1 Å². The fraction of sp³-hybridized carbons (Fsp3) is 0.294. The zero-order valence-corrected chi connectivity index (χ0v) is 12.4. The number of hydrogen-bond acceptors (Lipinski definition) is 2. The monoisotopic (exact) mass is 290 g/mol. The van der Waals surface area contributed by atoms with Crippen LogP contribution in [0, 0.1) is 11.6 Å². The summed E-state index contributed by atoms with van der Waals surface area (Å²) in [4.78, 5) is 1.90. The van der Waals surface area contributed by atoms with E-state index in [1.54, 1.807) is 24.3 Å². The van der Waals surface area contributed by atoms with E-state index in [2.05, 4.69) is 5.32 Å². The van der Waals surface area contributed by atoms with E-state index in [0.29, 0.717) is 30.8 Å². The predicted octanol–water partition coefficient (Wildman–Crippen LogP) is 3.32. The van der Waals surface area contributed by atoms with Crippen molar-refractivity contribution in [3.8, 4) is 0 Å². The van der Waals surface area contributed by atoms with Crippen molar-refractivity contribution >= 4 is 0 Å². The van der Waals surface area contributed by atoms with Crippen LogP contribution in [0.1, 0.15) is 16.7 Å². The lowest BCUT2D eigenvalue weighted by molar-refractivity contribution is 0.308. The van der Waals surface area contributed by atoms with Gasteiger partial charge in [-0.25, -0.2) is 8.78 Å². The van der Waals surface area contributed by atoms with Gasteiger partial charge < -0.3 is 5.32 Å². The lowest BCUT2D eigenvalue weighted by atomic mass is 10.1. The molecule has 0 saturated heterocycles. The van der Waals surface area contributed by atoms with Crippen molar-refractivity contribution in [1.82, 2.24) is 10.2 Å². The lowest BCUT2D eigenvalue weighted by Gasteiger charge is -2.18. The molecule has 1 N–H and O–H groups in total. The summed E-state index contributed by atoms with van der Waals surface area (Å²) in [5.41, 5.74) is 2.28. The van der Waals surface area contributed by atoms with Crippen LogP contribution in [0.15, 0.2) is 42.5 Å². The van der Waals surface area contributed by atoms with E-state index < -0.39 is 0 Å². The van der Waals surface area contributed by atoms with Gasteiger partial charge in [0.15, 0.2) is 0 Å². The van der Waals surface area contributed by atoms with Gasteiger partial charge in [0.1, 0.15) is 11.6 Å². The molecular weight excluding hydrogens is 270 g/mol. The van der Waals surface area contributed by atoms with Crippen molar-refractivity contribution in [2.24, 2.45) is 0 Å². The van der Waals surface area contributed by atoms with Crippen LogP contribution in [-0.2, 0) is 19.6 Å². The van der Waals surface area contributed by atoms with Crippen LogP contribution in [-0.4, -0.2) is 19.0 Å². The number of benzene rings is 2. The summed E-state index contributed by atoms with van der Waals surface area (Å²) < 4.78 is 27.5. The first kappa shape index (κ1) is 15.6. The third kappa shape index (κ3) is 4.34. The van der Waals surface area contributed by atoms with Gasteiger partial charge in [0.2, 0.25) is 0 Å². The van der Waals surface area contributed by atoms with Crippen LogP contribution in [0.2, 0.25) is 0 Å². The molecule has 21 heavy (non-hydrogen) atoms. The molecule has 4 heteroatoms. The minimum atomic E-state index is -0.228. The van der Waals surface area contributed by atoms with Gasteiger partial charge >= 0.3 is 0 Å². The highest BCUT2D eigenvalue weighted by atomic mass is 19.1. The standard InChI is InChI=1S/C17H20F2N2/c1-20-10-13-7-8-17(19)15(9-13)12-21(2)11-14-5-3-4-6-16(14)18/h3-9,20H,10-12H2,1-2H3. The zero-order chi connectivity index (χ0) is 15.2. The molecular formula is C17H20F2N2. The van der Waals surface area contributed by atoms with Gasteiger partial charge in [-0.2, -0.15) is 0 Å². The summed E-state index contributed by atoms with van der Waals surface area (Å²) in [6.45, 7) is 1.59. The molecule has 2 nitrogen and oxygen atoms in total. The summed E-state index contributed by atoms with van der Waals surface area (Å²) in [5.74, 6) is -0.455. The topological polar surface area (TPSA) is 15.3 Å². The Bertz CT molecular complexity index is 599. The SMILES string of the molecule is CNCc1ccc(F)c(CN(C)Cc2ccccc2F)c1. The zero-order valence-electron chi connectivity index (χ0n) is 12.4. The van der Waals surface area contributed by atoms with Gasteiger partial charge in [0.25, 0.3) is 0 Å². The molecule has 0 fully saturated rings. The normalized spacial score (nSPS) is 11.1. The van der Waals surface area contributed by atoms with Crippen molar-refractivity contribution in [1.29, 1.82) is 0 Å². The third-order valence-electron chi connectivity index (χ3n) is 3.33. The highest BCUT2D eigenvalue weighted by Crippen LogP contribution is 2.15. The van der Waals surface area contributed by atoms with Gasteiger partial charge in [-0.05, 0) is 31.8 Å². The highest BCUT2D eigenvalue weighted by molar-refractivity contribution is 5.25. The Morgan fingerprint density at radius 2 is 1.62 bits per heavy atom. The van der Waals surface area contributed by atoms with Crippen molar-refractivity contribution < 1.29 is 8.78 Å². The molecule has 0 aliphatic rings. The summed E-state index contributed by atoms with van der Waals surface area (Å²) >= 11 is 0. The van der Waals surface area contributed by atoms with Gasteiger partial charge in [-0.3, -0.25) is 4.90 Å². The summed E-state index contributed by atoms with van der Waals surface area (Å²) in [6.07, 6.45) is 0. The van der Waals surface area contributed by atoms with E-state index in [4.69, 9.17) is 0 Å². The van der Waals surface area contributed by atoms with E-state index in [9.17, 15) is 8.78 Å². The molecule has 2 aromatic rings. The van der Waals surface area contributed by atoms with Gasteiger partial charge in [-0.15, -0.1) is 0 Å². The highest BCUT2D eigenvalue weighted by Gasteiger charge is 2.09. The minimum absolute atomic E-state index is 0.227. The average molecular weight is 290 g/mol. The molecule has 0 bridgehead atoms. The summed E-state index contributed by atoms with van der Waals surface area (Å²) in [5, 5.41) is 3.05. The third-order valence-corrected chi connectivity index (χ3v) is 3.33. The molecule has 0 aliphatic heterocycles. The van der Waals surface area contributed by atoms with E-state index in [1.165, 1.54) is 12.1 Å². The quantitative estimate of drug-likeness (QED) is 0.878. The van der Waals surface area contributed by atoms with Gasteiger partial charge in [-0.1, -0.05) is 30.3 Å². The molecule has 0 atom stereocenters. The van der Waals surface area contributed by atoms with Crippen LogP contribution in [0.5, 0.6) is 0 Å². The van der Waals surface area contributed by atoms with Crippen molar-refractivity contribution in [3.63, 3.8) is 0 Å². The van der Waals surface area contributed by atoms with Crippen molar-refractivity contribution in [2.45, 2.75) is 19.6 Å². The minimum Gasteiger partial charge on any atom is -0.316 e. The first-order chi connectivity index (χ1) is 10.1. The molecule has 0 spiro atoms. The first-order valence-corrected chi connectivity index (χ1v) is 6.94. The molecule has 0 amide bonds. The van der Waals surface area contributed by atoms with Gasteiger partial charge in [0.05, 0.1) is 0 Å². The van der Waals surface area contributed by atoms with Crippen molar-refractivity contribution in [3.05, 3.63) is 70.8 Å². The molecule has 112 valence electrons. The Morgan fingerprint density at radius 3 is 2.33 bits per heavy atom. The maximum absolute atomic E-state index is 13.9. The summed E-state index contributed by atoms with van der Waals surface area (Å²) in [6, 6.07) is 11.8. The second-order valence-corrected chi connectivity index (χ2v) is 5.22. The first-order valence-electron chi connectivity index (χ1n) is 6.94. The van der Waals surface area contributed by atoms with E-state index in [0.717, 1.165) is 5.56 Å². The molecule has 2 aromatic carbocycles. The molecule has 0 radical (unpaired) electrons. The second-order valence-electron chi connectivity index (χ2n) is 5.22. The molecule has 0 aliphatic carbocycles. The number of nitrogens with one attached hydrogen (secondary N) is 1. The van der Waals surface area contributed by atoms with Crippen molar-refractivity contribution in [2.75, 3.05) is 14.1 Å². The number of rotatable bonds is 6. The van der Waals surface area contributed by atoms with Crippen LogP contribution < -0.4 is 5.32 Å². The molecule has 0 heterocycles. The number of nitrogens with zero attached hydrogens (tertiary/aromatic N) is 1.